The normalized spacial score (nSPS) is 33.9. The number of hydrogen-bond donors (Lipinski definition) is 0. The minimum atomic E-state index is -0.354. The van der Waals surface area contributed by atoms with Gasteiger partial charge in [0.05, 0.1) is 18.9 Å². The topological polar surface area (TPSA) is 54.0 Å². The highest BCUT2D eigenvalue weighted by atomic mass is 16.8. The van der Waals surface area contributed by atoms with Gasteiger partial charge in [-0.05, 0) is 32.6 Å². The fourth-order valence-corrected chi connectivity index (χ4v) is 3.27. The second-order valence-electron chi connectivity index (χ2n) is 5.47. The van der Waals surface area contributed by atoms with Crippen LogP contribution in [-0.4, -0.2) is 32.3 Å². The quantitative estimate of drug-likeness (QED) is 0.573. The Balaban J connectivity index is 2.12. The molecule has 114 valence electrons. The van der Waals surface area contributed by atoms with Crippen molar-refractivity contribution in [2.24, 2.45) is 17.8 Å². The summed E-state index contributed by atoms with van der Waals surface area (Å²) in [6.45, 7) is 6.57. The van der Waals surface area contributed by atoms with Gasteiger partial charge in [0.25, 0.3) is 0 Å². The first-order valence-electron chi connectivity index (χ1n) is 7.29. The van der Waals surface area contributed by atoms with Crippen LogP contribution in [0.1, 0.15) is 33.6 Å². The highest BCUT2D eigenvalue weighted by molar-refractivity contribution is 5.88. The Labute approximate surface area is 120 Å². The highest BCUT2D eigenvalue weighted by Gasteiger charge is 2.47. The summed E-state index contributed by atoms with van der Waals surface area (Å²) >= 11 is 0. The predicted molar refractivity (Wildman–Crippen MR) is 72.5 cm³/mol. The summed E-state index contributed by atoms with van der Waals surface area (Å²) in [4.78, 5) is 11.8. The summed E-state index contributed by atoms with van der Waals surface area (Å²) in [7, 11) is 1.40. The van der Waals surface area contributed by atoms with Crippen LogP contribution in [0.5, 0.6) is 0 Å². The maximum atomic E-state index is 11.8. The smallest absolute Gasteiger partial charge is 0.337 e. The molecule has 2 rings (SSSR count). The Bertz CT molecular complexity index is 378. The largest absolute Gasteiger partial charge is 0.472 e. The Morgan fingerprint density at radius 1 is 1.50 bits per heavy atom. The molecule has 0 aromatic carbocycles. The zero-order valence-corrected chi connectivity index (χ0v) is 12.6. The van der Waals surface area contributed by atoms with Gasteiger partial charge in [0.15, 0.2) is 6.29 Å². The van der Waals surface area contributed by atoms with Crippen molar-refractivity contribution in [1.29, 1.82) is 0 Å². The molecule has 20 heavy (non-hydrogen) atoms. The second kappa shape index (κ2) is 6.59. The van der Waals surface area contributed by atoms with Gasteiger partial charge >= 0.3 is 5.97 Å². The van der Waals surface area contributed by atoms with Crippen LogP contribution in [-0.2, 0) is 23.7 Å². The molecule has 0 saturated heterocycles. The van der Waals surface area contributed by atoms with Gasteiger partial charge < -0.3 is 18.9 Å². The molecule has 5 atom stereocenters. The molecule has 1 aliphatic carbocycles. The van der Waals surface area contributed by atoms with Crippen molar-refractivity contribution in [3.05, 3.63) is 11.8 Å². The zero-order chi connectivity index (χ0) is 14.7. The highest BCUT2D eigenvalue weighted by Crippen LogP contribution is 2.47. The first-order chi connectivity index (χ1) is 9.58. The van der Waals surface area contributed by atoms with Crippen molar-refractivity contribution >= 4 is 5.97 Å². The van der Waals surface area contributed by atoms with Crippen molar-refractivity contribution in [2.75, 3.05) is 13.7 Å². The predicted octanol–water partition coefficient (Wildman–Crippen LogP) is 2.46. The van der Waals surface area contributed by atoms with Crippen LogP contribution in [0.25, 0.3) is 0 Å². The summed E-state index contributed by atoms with van der Waals surface area (Å²) in [6.07, 6.45) is 2.88. The molecule has 5 nitrogen and oxygen atoms in total. The van der Waals surface area contributed by atoms with E-state index < -0.39 is 0 Å². The third kappa shape index (κ3) is 2.99. The lowest BCUT2D eigenvalue weighted by Gasteiger charge is -2.36. The van der Waals surface area contributed by atoms with Crippen molar-refractivity contribution in [1.82, 2.24) is 0 Å². The fourth-order valence-electron chi connectivity index (χ4n) is 3.27. The molecule has 1 saturated carbocycles. The molecule has 0 bridgehead atoms. The Kier molecular flexibility index (Phi) is 5.05. The zero-order valence-electron chi connectivity index (χ0n) is 12.6. The van der Waals surface area contributed by atoms with Crippen LogP contribution in [0, 0.1) is 17.8 Å². The second-order valence-corrected chi connectivity index (χ2v) is 5.47. The van der Waals surface area contributed by atoms with E-state index in [1.807, 2.05) is 13.8 Å². The first kappa shape index (κ1) is 15.3. The molecule has 0 spiro atoms. The Hall–Kier alpha value is -1.07. The molecular weight excluding hydrogens is 260 g/mol. The Morgan fingerprint density at radius 2 is 2.25 bits per heavy atom. The van der Waals surface area contributed by atoms with E-state index in [1.54, 1.807) is 0 Å². The van der Waals surface area contributed by atoms with E-state index in [0.29, 0.717) is 18.1 Å². The number of fused-ring (bicyclic) bond motifs is 1. The molecule has 0 aromatic heterocycles. The van der Waals surface area contributed by atoms with Crippen LogP contribution in [0.4, 0.5) is 0 Å². The molecule has 1 heterocycles. The van der Waals surface area contributed by atoms with Crippen LogP contribution in [0.2, 0.25) is 0 Å². The summed E-state index contributed by atoms with van der Waals surface area (Å²) in [5.41, 5.74) is 0.630. The Morgan fingerprint density at radius 3 is 2.90 bits per heavy atom. The monoisotopic (exact) mass is 284 g/mol. The van der Waals surface area contributed by atoms with Gasteiger partial charge in [0.1, 0.15) is 0 Å². The molecule has 1 unspecified atom stereocenters. The minimum Gasteiger partial charge on any atom is -0.472 e. The van der Waals surface area contributed by atoms with Gasteiger partial charge in [0, 0.05) is 18.4 Å². The van der Waals surface area contributed by atoms with Crippen LogP contribution in [0.3, 0.4) is 0 Å². The van der Waals surface area contributed by atoms with E-state index in [2.05, 4.69) is 6.92 Å². The number of hydrogen-bond acceptors (Lipinski definition) is 5. The lowest BCUT2D eigenvalue weighted by molar-refractivity contribution is -0.250. The van der Waals surface area contributed by atoms with Gasteiger partial charge in [-0.15, -0.1) is 0 Å². The molecule has 1 aliphatic heterocycles. The van der Waals surface area contributed by atoms with Gasteiger partial charge in [-0.2, -0.15) is 0 Å². The van der Waals surface area contributed by atoms with Crippen molar-refractivity contribution in [2.45, 2.75) is 46.2 Å². The molecule has 5 heteroatoms. The van der Waals surface area contributed by atoms with Gasteiger partial charge in [-0.1, -0.05) is 6.92 Å². The van der Waals surface area contributed by atoms with Gasteiger partial charge in [-0.25, -0.2) is 4.79 Å². The van der Waals surface area contributed by atoms with Gasteiger partial charge in [-0.3, -0.25) is 0 Å². The van der Waals surface area contributed by atoms with Crippen LogP contribution in [0.15, 0.2) is 11.8 Å². The summed E-state index contributed by atoms with van der Waals surface area (Å²) in [5.74, 6) is 0.486. The third-order valence-corrected chi connectivity index (χ3v) is 4.25. The van der Waals surface area contributed by atoms with Crippen LogP contribution < -0.4 is 0 Å². The lowest BCUT2D eigenvalue weighted by atomic mass is 9.83. The molecule has 0 N–H and O–H groups in total. The number of carbonyl (C=O) groups is 1. The molecule has 2 aliphatic rings. The maximum Gasteiger partial charge on any atom is 0.337 e. The molecule has 0 aromatic rings. The number of ether oxygens (including phenoxy) is 4. The minimum absolute atomic E-state index is 0.157. The SMILES string of the molecule is CCOC(C)O[C@@H]1OC=C(C(=O)OC)[C@H]2CC[C@@H](C)[C@@H]12. The van der Waals surface area contributed by atoms with E-state index in [-0.39, 0.29) is 30.4 Å². The number of esters is 1. The van der Waals surface area contributed by atoms with E-state index in [4.69, 9.17) is 18.9 Å². The summed E-state index contributed by atoms with van der Waals surface area (Å²) in [5, 5.41) is 0. The van der Waals surface area contributed by atoms with Crippen LogP contribution >= 0.6 is 0 Å². The summed E-state index contributed by atoms with van der Waals surface area (Å²) < 4.78 is 21.7. The molecule has 0 radical (unpaired) electrons. The van der Waals surface area contributed by atoms with Crippen molar-refractivity contribution < 1.29 is 23.7 Å². The lowest BCUT2D eigenvalue weighted by Crippen LogP contribution is -2.39. The van der Waals surface area contributed by atoms with E-state index in [0.717, 1.165) is 12.8 Å². The molecule has 1 fully saturated rings. The van der Waals surface area contributed by atoms with Crippen molar-refractivity contribution in [3.63, 3.8) is 0 Å². The average molecular weight is 284 g/mol. The fraction of sp³-hybridized carbons (Fsp3) is 0.800. The van der Waals surface area contributed by atoms with Gasteiger partial charge in [0.2, 0.25) is 6.29 Å². The molecule has 0 amide bonds. The number of carbonyl (C=O) groups excluding carboxylic acids is 1. The first-order valence-corrected chi connectivity index (χ1v) is 7.29. The molecular formula is C15H24O5. The third-order valence-electron chi connectivity index (χ3n) is 4.25. The van der Waals surface area contributed by atoms with E-state index in [9.17, 15) is 4.79 Å². The standard InChI is InChI=1S/C15H24O5/c1-5-18-10(3)20-15-13-9(2)6-7-11(13)12(8-19-15)14(16)17-4/h8-11,13,15H,5-7H2,1-4H3/t9-,10?,11-,13-,15+/m1/s1. The maximum absolute atomic E-state index is 11.8. The number of methoxy groups -OCH3 is 1. The van der Waals surface area contributed by atoms with E-state index in [1.165, 1.54) is 13.4 Å². The number of rotatable bonds is 5. The van der Waals surface area contributed by atoms with Crippen molar-refractivity contribution in [3.8, 4) is 0 Å². The summed E-state index contributed by atoms with van der Waals surface area (Å²) in [6, 6.07) is 0. The average Bonchev–Trinajstić information content (AvgIpc) is 2.81. The van der Waals surface area contributed by atoms with E-state index >= 15 is 0 Å².